The van der Waals surface area contributed by atoms with Crippen molar-refractivity contribution in [3.63, 3.8) is 0 Å². The molecule has 0 unspecified atom stereocenters. The summed E-state index contributed by atoms with van der Waals surface area (Å²) in [6.45, 7) is 53.9. The summed E-state index contributed by atoms with van der Waals surface area (Å²) in [6.07, 6.45) is 0. The SMILES string of the molecule is CC(C)c1cccc(C(C)C)c1OP(=O)([O-])[O-].CC(C)c1cccc(C(C)C)c1OP(=O)([O-])[O-].CC(C)c1cccc(C(C)C)c1OP(=O)([O-])[O-].CC(C)c1cccc(C(C)C)c1OP(=O)([O-])[O-].CC(C)c1cccc(C(C)C)c1OP(=O)([O-])[O-].CC(C)c1cccc(C(C)C)c1OP(=O)([O-])[O-].CC(C)c1cccc(C(C)C)c1OP(=O)([O-])[O-].CO.CO.CO.CO.CO.CO.CO.CO.CO.CO.[OH-].[OH3+].[OH3+].[Tm+3].[Tm+3].[Tm+3].[Tm+3].[Tm+3]. The topological polar surface area (TPSA) is 805 Å². The van der Waals surface area contributed by atoms with Gasteiger partial charge in [-0.1, -0.05) is 321 Å². The standard InChI is InChI=1S/7C12H19O4P.10CH4O.3H2O.5Tm/c7*1-8(2)10-6-5-7-11(9(3)4)12(10)16-17(13,14)15;10*1-2;;;;;;;;/h7*5-9H,1-4H3,(H2,13,14,15);10*2H,1H3;3*1H2;;;;;/q;;;;;;;;;;;;;;;;;;;;5*+3/p-13. The van der Waals surface area contributed by atoms with Crippen LogP contribution in [0.4, 0.5) is 0 Å². The van der Waals surface area contributed by atoms with Gasteiger partial charge in [0.25, 0.3) is 0 Å². The van der Waals surface area contributed by atoms with E-state index in [9.17, 15) is 100 Å². The van der Waals surface area contributed by atoms with Gasteiger partial charge in [-0.05, 0) is 161 Å². The summed E-state index contributed by atoms with van der Waals surface area (Å²) in [5, 5.41) is 70.0. The van der Waals surface area contributed by atoms with E-state index in [2.05, 4.69) is 31.7 Å². The molecule has 7 aromatic carbocycles. The third-order valence-electron chi connectivity index (χ3n) is 17.7. The van der Waals surface area contributed by atoms with Crippen LogP contribution in [0.2, 0.25) is 0 Å². The molecule has 0 heterocycles. The molecule has 0 aromatic heterocycles. The van der Waals surface area contributed by atoms with E-state index in [0.29, 0.717) is 0 Å². The molecule has 53 heteroatoms. The predicted molar refractivity (Wildman–Crippen MR) is 533 cm³/mol. The largest absolute Gasteiger partial charge is 3.00 e. The maximum Gasteiger partial charge on any atom is 3.00 e. The number of aliphatic hydroxyl groups is 10. The molecule has 0 radical (unpaired) electrons. The van der Waals surface area contributed by atoms with Crippen molar-refractivity contribution >= 4 is 54.8 Å². The van der Waals surface area contributed by atoms with Crippen LogP contribution in [0.1, 0.15) is 355 Å². The van der Waals surface area contributed by atoms with Gasteiger partial charge in [-0.15, -0.1) is 0 Å². The number of aliphatic hydroxyl groups excluding tert-OH is 10. The smallest absolute Gasteiger partial charge is 0.870 e. The van der Waals surface area contributed by atoms with Gasteiger partial charge in [0.15, 0.2) is 0 Å². The minimum atomic E-state index is -5.02. The molecule has 7 rings (SSSR count). The van der Waals surface area contributed by atoms with E-state index in [-0.39, 0.29) is 324 Å². The van der Waals surface area contributed by atoms with Gasteiger partial charge in [0, 0.05) is 71.1 Å². The van der Waals surface area contributed by atoms with Crippen LogP contribution in [-0.2, 0) is 42.9 Å². The maximum absolute atomic E-state index is 10.8. The van der Waals surface area contributed by atoms with Gasteiger partial charge in [-0.2, -0.15) is 0 Å². The van der Waals surface area contributed by atoms with Crippen molar-refractivity contribution in [2.75, 3.05) is 71.1 Å². The van der Waals surface area contributed by atoms with Gasteiger partial charge in [0.05, 0.1) is 0 Å². The van der Waals surface area contributed by atoms with Gasteiger partial charge in [-0.25, -0.2) is 0 Å². The molecule has 147 heavy (non-hydrogen) atoms. The van der Waals surface area contributed by atoms with E-state index < -0.39 is 54.8 Å². The molecule has 7 aromatic rings. The van der Waals surface area contributed by atoms with Crippen molar-refractivity contribution in [2.24, 2.45) is 0 Å². The molecule has 41 nitrogen and oxygen atoms in total. The zero-order valence-corrected chi connectivity index (χ0v) is 106. The molecule has 0 bridgehead atoms. The fourth-order valence-corrected chi connectivity index (χ4v) is 14.9. The summed E-state index contributed by atoms with van der Waals surface area (Å²) in [5.41, 5.74) is 10.3. The van der Waals surface area contributed by atoms with E-state index in [4.69, 9.17) is 51.1 Å². The first-order valence-corrected chi connectivity index (χ1v) is 53.7. The molecule has 0 atom stereocenters. The van der Waals surface area contributed by atoms with Gasteiger partial charge in [-0.3, -0.25) is 0 Å². The minimum Gasteiger partial charge on any atom is -0.870 e. The zero-order valence-electron chi connectivity index (χ0n) is 90.7. The van der Waals surface area contributed by atoms with E-state index in [1.165, 1.54) is 0 Å². The van der Waals surface area contributed by atoms with Crippen molar-refractivity contribution in [1.82, 2.24) is 0 Å². The van der Waals surface area contributed by atoms with Crippen LogP contribution in [0.3, 0.4) is 0 Å². The predicted octanol–water partition coefficient (Wildman–Crippen LogP) is 9.05. The second-order valence-corrected chi connectivity index (χ2v) is 39.8. The molecule has 0 saturated carbocycles. The quantitative estimate of drug-likeness (QED) is 0.0161. The summed E-state index contributed by atoms with van der Waals surface area (Å²) in [4.78, 5) is 151. The monoisotopic (exact) mass is 3010 g/mol. The Morgan fingerprint density at radius 1 is 0.156 bits per heavy atom. The van der Waals surface area contributed by atoms with Crippen molar-refractivity contribution in [3.05, 3.63) is 205 Å². The fraction of sp³-hybridized carbons (Fsp3) is 0.553. The molecule has 0 saturated heterocycles. The van der Waals surface area contributed by atoms with Crippen LogP contribution in [-0.4, -0.2) is 128 Å². The Hall–Kier alpha value is -0.161. The third-order valence-corrected chi connectivity index (χ3v) is 20.5. The number of benzene rings is 7. The van der Waals surface area contributed by atoms with Crippen LogP contribution in [0.5, 0.6) is 40.2 Å². The molecule has 0 amide bonds. The average Bonchev–Trinajstić information content (AvgIpc) is 0.850. The van der Waals surface area contributed by atoms with Crippen LogP contribution in [0.15, 0.2) is 127 Å². The maximum atomic E-state index is 10.8. The first-order valence-electron chi connectivity index (χ1n) is 43.4. The third kappa shape index (κ3) is 84.6. The van der Waals surface area contributed by atoms with Crippen LogP contribution in [0.25, 0.3) is 0 Å². The molecule has 0 spiro atoms. The summed E-state index contributed by atoms with van der Waals surface area (Å²) in [7, 11) is -25.1. The van der Waals surface area contributed by atoms with E-state index in [1.807, 2.05) is 236 Å². The van der Waals surface area contributed by atoms with Crippen LogP contribution < -0.4 is 100 Å². The van der Waals surface area contributed by atoms with Crippen LogP contribution in [0, 0.1) is 184 Å². The second kappa shape index (κ2) is 100. The minimum absolute atomic E-state index is 0. The number of rotatable bonds is 28. The summed E-state index contributed by atoms with van der Waals surface area (Å²) >= 11 is 0. The van der Waals surface area contributed by atoms with Gasteiger partial charge in [0.1, 0.15) is 95.0 Å². The van der Waals surface area contributed by atoms with E-state index in [1.54, 1.807) is 84.9 Å². The van der Waals surface area contributed by atoms with Crippen LogP contribution >= 0.6 is 54.8 Å². The first kappa shape index (κ1) is 188. The zero-order chi connectivity index (χ0) is 113. The molecular formula is C94H166O41P7Tm5+2. The number of phosphoric acid groups is 7. The van der Waals surface area contributed by atoms with Crippen molar-refractivity contribution in [3.8, 4) is 40.2 Å². The van der Waals surface area contributed by atoms with Crippen molar-refractivity contribution < 1.29 is 384 Å². The van der Waals surface area contributed by atoms with Gasteiger partial charge < -0.3 is 200 Å². The summed E-state index contributed by atoms with van der Waals surface area (Å²) < 4.78 is 108. The second-order valence-electron chi connectivity index (χ2n) is 32.3. The van der Waals surface area contributed by atoms with Gasteiger partial charge in [0.2, 0.25) is 0 Å². The number of hydrogen-bond acceptors (Lipinski definition) is 39. The number of hydrogen-bond donors (Lipinski definition) is 10. The molecule has 0 aliphatic rings. The van der Waals surface area contributed by atoms with E-state index in [0.717, 1.165) is 149 Å². The molecule has 886 valence electrons. The normalized spacial score (nSPS) is 10.3. The summed E-state index contributed by atoms with van der Waals surface area (Å²) in [5.74, 6) is 2.70. The number of para-hydroxylation sites is 7. The number of phosphoric ester groups is 7. The Balaban J connectivity index is -0.0000000794. The Morgan fingerprint density at radius 2 is 0.204 bits per heavy atom. The van der Waals surface area contributed by atoms with Crippen molar-refractivity contribution in [1.29, 1.82) is 0 Å². The molecule has 0 fully saturated rings. The molecule has 0 aliphatic carbocycles. The fourth-order valence-electron chi connectivity index (χ4n) is 11.9. The molecule has 0 aliphatic heterocycles. The Morgan fingerprint density at radius 3 is 0.238 bits per heavy atom. The summed E-state index contributed by atoms with van der Waals surface area (Å²) in [6, 6.07) is 37.8. The Bertz CT molecular complexity index is 3740. The molecule has 17 N–H and O–H groups in total. The molecular weight excluding hydrogens is 2850 g/mol. The Kier molecular flexibility index (Phi) is 128. The van der Waals surface area contributed by atoms with Crippen molar-refractivity contribution in [2.45, 2.75) is 277 Å². The average molecular weight is 3010 g/mol. The van der Waals surface area contributed by atoms with E-state index >= 15 is 0 Å². The Labute approximate surface area is 1020 Å². The van der Waals surface area contributed by atoms with Gasteiger partial charge >= 0.3 is 184 Å². The first-order chi connectivity index (χ1) is 64.0.